The van der Waals surface area contributed by atoms with E-state index in [4.69, 9.17) is 30.5 Å². The van der Waals surface area contributed by atoms with E-state index in [0.29, 0.717) is 21.7 Å². The molecule has 3 aromatic carbocycles. The summed E-state index contributed by atoms with van der Waals surface area (Å²) in [6, 6.07) is 25.1. The van der Waals surface area contributed by atoms with Gasteiger partial charge in [0.1, 0.15) is 0 Å². The van der Waals surface area contributed by atoms with Crippen molar-refractivity contribution in [2.75, 3.05) is 13.7 Å². The molecule has 1 heterocycles. The lowest BCUT2D eigenvalue weighted by atomic mass is 9.76. The largest absolute Gasteiger partial charge is 0.464 e. The van der Waals surface area contributed by atoms with Crippen LogP contribution in [0.2, 0.25) is 5.02 Å². The SMILES string of the molecule is CCOC(=O)[C@]1(c2ccccc2)O[C@@H](c2ccccc2)OC(C(=O)OC)=C[C@H]1c1ccccc1Cl. The number of esters is 2. The van der Waals surface area contributed by atoms with Gasteiger partial charge in [-0.15, -0.1) is 0 Å². The van der Waals surface area contributed by atoms with Gasteiger partial charge in [-0.3, -0.25) is 0 Å². The number of methoxy groups -OCH3 is 1. The number of hydrogen-bond acceptors (Lipinski definition) is 6. The molecule has 0 N–H and O–H groups in total. The van der Waals surface area contributed by atoms with Crippen LogP contribution in [0.5, 0.6) is 0 Å². The van der Waals surface area contributed by atoms with Crippen molar-refractivity contribution in [1.82, 2.24) is 0 Å². The number of halogens is 1. The molecule has 0 bridgehead atoms. The van der Waals surface area contributed by atoms with Gasteiger partial charge in [0.2, 0.25) is 17.7 Å². The molecular formula is C28H25ClO6. The van der Waals surface area contributed by atoms with Crippen LogP contribution < -0.4 is 0 Å². The molecule has 3 aromatic rings. The predicted molar refractivity (Wildman–Crippen MR) is 130 cm³/mol. The quantitative estimate of drug-likeness (QED) is 0.412. The van der Waals surface area contributed by atoms with Crippen LogP contribution in [0.3, 0.4) is 0 Å². The highest BCUT2D eigenvalue weighted by molar-refractivity contribution is 6.31. The zero-order valence-electron chi connectivity index (χ0n) is 19.3. The molecule has 35 heavy (non-hydrogen) atoms. The van der Waals surface area contributed by atoms with Crippen LogP contribution in [0.1, 0.15) is 35.8 Å². The highest BCUT2D eigenvalue weighted by Crippen LogP contribution is 2.50. The standard InChI is InChI=1S/C28H25ClO6/c1-3-33-27(31)28(20-14-8-5-9-15-20)22(21-16-10-11-17-23(21)29)18-24(25(30)32-2)34-26(35-28)19-12-6-4-7-13-19/h4-18,22,26H,3H2,1-2H3/t22-,26-,28+/m0/s1. The van der Waals surface area contributed by atoms with Gasteiger partial charge in [-0.25, -0.2) is 9.59 Å². The van der Waals surface area contributed by atoms with Crippen molar-refractivity contribution >= 4 is 23.5 Å². The Kier molecular flexibility index (Phi) is 7.54. The summed E-state index contributed by atoms with van der Waals surface area (Å²) in [5.41, 5.74) is -0.0507. The van der Waals surface area contributed by atoms with E-state index in [1.807, 2.05) is 24.3 Å². The second-order valence-electron chi connectivity index (χ2n) is 7.82. The summed E-state index contributed by atoms with van der Waals surface area (Å²) in [5.74, 6) is -2.34. The Morgan fingerprint density at radius 3 is 2.20 bits per heavy atom. The number of carbonyl (C=O) groups excluding carboxylic acids is 2. The predicted octanol–water partition coefficient (Wildman–Crippen LogP) is 5.68. The third kappa shape index (κ3) is 4.81. The van der Waals surface area contributed by atoms with E-state index >= 15 is 0 Å². The first-order chi connectivity index (χ1) is 17.0. The van der Waals surface area contributed by atoms with Crippen LogP contribution in [-0.4, -0.2) is 25.7 Å². The van der Waals surface area contributed by atoms with Gasteiger partial charge in [0.05, 0.1) is 19.6 Å². The van der Waals surface area contributed by atoms with E-state index in [0.717, 1.165) is 0 Å². The Bertz CT molecular complexity index is 1210. The lowest BCUT2D eigenvalue weighted by molar-refractivity contribution is -0.221. The molecule has 1 aliphatic heterocycles. The normalized spacial score (nSPS) is 21.7. The molecular weight excluding hydrogens is 468 g/mol. The first kappa shape index (κ1) is 24.5. The summed E-state index contributed by atoms with van der Waals surface area (Å²) in [7, 11) is 1.26. The summed E-state index contributed by atoms with van der Waals surface area (Å²) < 4.78 is 23.3. The zero-order chi connectivity index (χ0) is 24.8. The van der Waals surface area contributed by atoms with Crippen molar-refractivity contribution < 1.29 is 28.5 Å². The maximum atomic E-state index is 13.9. The molecule has 0 saturated carbocycles. The van der Waals surface area contributed by atoms with Crippen LogP contribution >= 0.6 is 11.6 Å². The summed E-state index contributed by atoms with van der Waals surface area (Å²) in [6.45, 7) is 1.84. The molecule has 0 spiro atoms. The Morgan fingerprint density at radius 1 is 0.943 bits per heavy atom. The third-order valence-corrected chi connectivity index (χ3v) is 6.11. The van der Waals surface area contributed by atoms with Crippen molar-refractivity contribution in [2.45, 2.75) is 24.7 Å². The third-order valence-electron chi connectivity index (χ3n) is 5.76. The van der Waals surface area contributed by atoms with E-state index in [2.05, 4.69) is 0 Å². The van der Waals surface area contributed by atoms with E-state index < -0.39 is 29.7 Å². The van der Waals surface area contributed by atoms with Crippen LogP contribution in [0, 0.1) is 0 Å². The van der Waals surface area contributed by atoms with Crippen molar-refractivity contribution in [2.24, 2.45) is 0 Å². The fraction of sp³-hybridized carbons (Fsp3) is 0.214. The molecule has 1 aliphatic rings. The Hall–Kier alpha value is -3.61. The molecule has 0 saturated heterocycles. The molecule has 0 fully saturated rings. The van der Waals surface area contributed by atoms with Crippen LogP contribution in [0.4, 0.5) is 0 Å². The molecule has 0 aliphatic carbocycles. The van der Waals surface area contributed by atoms with E-state index in [-0.39, 0.29) is 12.4 Å². The monoisotopic (exact) mass is 492 g/mol. The number of ether oxygens (including phenoxy) is 4. The fourth-order valence-corrected chi connectivity index (χ4v) is 4.41. The molecule has 0 amide bonds. The molecule has 0 aromatic heterocycles. The molecule has 3 atom stereocenters. The average Bonchev–Trinajstić information content (AvgIpc) is 3.08. The minimum absolute atomic E-state index is 0.103. The Morgan fingerprint density at radius 2 is 1.57 bits per heavy atom. The van der Waals surface area contributed by atoms with Crippen molar-refractivity contribution in [3.8, 4) is 0 Å². The summed E-state index contributed by atoms with van der Waals surface area (Å²) in [4.78, 5) is 26.7. The van der Waals surface area contributed by atoms with Gasteiger partial charge in [0.15, 0.2) is 0 Å². The van der Waals surface area contributed by atoms with E-state index in [1.165, 1.54) is 13.2 Å². The van der Waals surface area contributed by atoms with E-state index in [1.54, 1.807) is 67.6 Å². The lowest BCUT2D eigenvalue weighted by Crippen LogP contribution is -2.45. The molecule has 4 rings (SSSR count). The minimum atomic E-state index is -1.74. The van der Waals surface area contributed by atoms with Crippen LogP contribution in [0.25, 0.3) is 0 Å². The number of benzene rings is 3. The van der Waals surface area contributed by atoms with Gasteiger partial charge in [-0.2, -0.15) is 0 Å². The van der Waals surface area contributed by atoms with E-state index in [9.17, 15) is 9.59 Å². The molecule has 7 heteroatoms. The van der Waals surface area contributed by atoms with Gasteiger partial charge in [-0.05, 0) is 30.2 Å². The van der Waals surface area contributed by atoms with Gasteiger partial charge in [0.25, 0.3) is 0 Å². The molecule has 0 radical (unpaired) electrons. The summed E-state index contributed by atoms with van der Waals surface area (Å²) in [6.07, 6.45) is 0.401. The van der Waals surface area contributed by atoms with Gasteiger partial charge in [0, 0.05) is 10.6 Å². The first-order valence-corrected chi connectivity index (χ1v) is 11.6. The molecule has 0 unspecified atom stereocenters. The Labute approximate surface area is 209 Å². The van der Waals surface area contributed by atoms with Gasteiger partial charge >= 0.3 is 11.9 Å². The first-order valence-electron chi connectivity index (χ1n) is 11.2. The topological polar surface area (TPSA) is 71.1 Å². The zero-order valence-corrected chi connectivity index (χ0v) is 20.1. The van der Waals surface area contributed by atoms with Gasteiger partial charge in [-0.1, -0.05) is 90.5 Å². The minimum Gasteiger partial charge on any atom is -0.464 e. The van der Waals surface area contributed by atoms with Crippen molar-refractivity contribution in [3.63, 3.8) is 0 Å². The molecule has 6 nitrogen and oxygen atoms in total. The number of carbonyl (C=O) groups is 2. The lowest BCUT2D eigenvalue weighted by Gasteiger charge is -2.38. The fourth-order valence-electron chi connectivity index (χ4n) is 4.15. The Balaban J connectivity index is 2.05. The average molecular weight is 493 g/mol. The smallest absolute Gasteiger partial charge is 0.373 e. The highest BCUT2D eigenvalue weighted by atomic mass is 35.5. The van der Waals surface area contributed by atoms with Crippen molar-refractivity contribution in [1.29, 1.82) is 0 Å². The number of hydrogen-bond donors (Lipinski definition) is 0. The van der Waals surface area contributed by atoms with Crippen LogP contribution in [-0.2, 0) is 34.1 Å². The molecule has 180 valence electrons. The second-order valence-corrected chi connectivity index (χ2v) is 8.23. The maximum absolute atomic E-state index is 13.9. The van der Waals surface area contributed by atoms with Crippen LogP contribution in [0.15, 0.2) is 96.8 Å². The highest BCUT2D eigenvalue weighted by Gasteiger charge is 2.54. The van der Waals surface area contributed by atoms with Gasteiger partial charge < -0.3 is 18.9 Å². The maximum Gasteiger partial charge on any atom is 0.373 e. The summed E-state index contributed by atoms with van der Waals surface area (Å²) in [5, 5.41) is 0.393. The second kappa shape index (κ2) is 10.8. The van der Waals surface area contributed by atoms with Crippen molar-refractivity contribution in [3.05, 3.63) is 118 Å². The number of rotatable bonds is 6. The summed E-state index contributed by atoms with van der Waals surface area (Å²) >= 11 is 6.63.